The number of carbonyl (C=O) groups excluding carboxylic acids is 2. The molecular formula is C17H13F3N4O3S. The third-order valence-electron chi connectivity index (χ3n) is 3.44. The molecule has 0 saturated heterocycles. The predicted octanol–water partition coefficient (Wildman–Crippen LogP) is 3.78. The van der Waals surface area contributed by atoms with E-state index in [2.05, 4.69) is 15.4 Å². The van der Waals surface area contributed by atoms with Gasteiger partial charge in [-0.3, -0.25) is 4.79 Å². The fraction of sp³-hybridized carbons (Fsp3) is 0.176. The number of anilines is 1. The Labute approximate surface area is 160 Å². The van der Waals surface area contributed by atoms with Gasteiger partial charge in [0.1, 0.15) is 15.6 Å². The second-order valence-corrected chi connectivity index (χ2v) is 6.41. The summed E-state index contributed by atoms with van der Waals surface area (Å²) in [6.07, 6.45) is -1.50. The van der Waals surface area contributed by atoms with Crippen molar-refractivity contribution >= 4 is 28.2 Å². The Morgan fingerprint density at radius 1 is 1.29 bits per heavy atom. The number of carbonyl (C=O) groups is 2. The van der Waals surface area contributed by atoms with Crippen LogP contribution in [0.15, 0.2) is 42.7 Å². The van der Waals surface area contributed by atoms with Crippen molar-refractivity contribution in [1.29, 1.82) is 0 Å². The van der Waals surface area contributed by atoms with Crippen molar-refractivity contribution < 1.29 is 27.5 Å². The highest BCUT2D eigenvalue weighted by molar-refractivity contribution is 7.16. The van der Waals surface area contributed by atoms with Gasteiger partial charge in [0.2, 0.25) is 0 Å². The number of pyridine rings is 1. The minimum Gasteiger partial charge on any atom is -0.462 e. The van der Waals surface area contributed by atoms with E-state index in [1.54, 1.807) is 24.4 Å². The van der Waals surface area contributed by atoms with E-state index >= 15 is 0 Å². The summed E-state index contributed by atoms with van der Waals surface area (Å²) < 4.78 is 45.3. The predicted molar refractivity (Wildman–Crippen MR) is 94.6 cm³/mol. The Morgan fingerprint density at radius 3 is 2.71 bits per heavy atom. The number of hydrogen-bond acceptors (Lipinski definition) is 6. The van der Waals surface area contributed by atoms with Crippen LogP contribution in [-0.4, -0.2) is 33.2 Å². The van der Waals surface area contributed by atoms with Gasteiger partial charge in [-0.25, -0.2) is 14.5 Å². The van der Waals surface area contributed by atoms with Gasteiger partial charge in [0.15, 0.2) is 5.82 Å². The number of aromatic nitrogens is 3. The molecule has 1 N–H and O–H groups in total. The normalized spacial score (nSPS) is 11.3. The average Bonchev–Trinajstić information content (AvgIpc) is 3.31. The Kier molecular flexibility index (Phi) is 5.45. The summed E-state index contributed by atoms with van der Waals surface area (Å²) in [4.78, 5) is 27.6. The molecule has 3 aromatic rings. The lowest BCUT2D eigenvalue weighted by atomic mass is 10.2. The number of thiophene rings is 1. The zero-order valence-electron chi connectivity index (χ0n) is 14.4. The molecule has 0 saturated carbocycles. The van der Waals surface area contributed by atoms with Crippen LogP contribution in [0.1, 0.15) is 32.6 Å². The quantitative estimate of drug-likeness (QED) is 0.647. The first kappa shape index (κ1) is 19.5. The van der Waals surface area contributed by atoms with Crippen molar-refractivity contribution in [3.05, 3.63) is 58.9 Å². The maximum atomic E-state index is 13.0. The number of halogens is 3. The van der Waals surface area contributed by atoms with Crippen molar-refractivity contribution in [2.24, 2.45) is 0 Å². The van der Waals surface area contributed by atoms with E-state index in [1.165, 1.54) is 23.9 Å². The first-order valence-electron chi connectivity index (χ1n) is 7.96. The van der Waals surface area contributed by atoms with Crippen molar-refractivity contribution in [3.63, 3.8) is 0 Å². The molecular weight excluding hydrogens is 397 g/mol. The van der Waals surface area contributed by atoms with Crippen LogP contribution in [0.5, 0.6) is 0 Å². The molecule has 0 aromatic carbocycles. The number of ether oxygens (including phenoxy) is 1. The molecule has 0 radical (unpaired) electrons. The summed E-state index contributed by atoms with van der Waals surface area (Å²) in [5, 5.41) is 6.05. The summed E-state index contributed by atoms with van der Waals surface area (Å²) in [5.41, 5.74) is -0.416. The molecule has 0 fully saturated rings. The smallest absolute Gasteiger partial charge is 0.425 e. The van der Waals surface area contributed by atoms with Crippen molar-refractivity contribution in [1.82, 2.24) is 14.8 Å². The Morgan fingerprint density at radius 2 is 2.07 bits per heavy atom. The number of nitrogens with one attached hydrogen (secondary N) is 1. The SMILES string of the molecule is CCOC(=O)c1cc(C(F)(F)F)sc1NC(=O)c1cccc(-n2cccn2)n1. The zero-order chi connectivity index (χ0) is 20.3. The number of rotatable bonds is 5. The summed E-state index contributed by atoms with van der Waals surface area (Å²) in [7, 11) is 0. The van der Waals surface area contributed by atoms with E-state index in [4.69, 9.17) is 4.74 Å². The lowest BCUT2D eigenvalue weighted by molar-refractivity contribution is -0.134. The lowest BCUT2D eigenvalue weighted by Gasteiger charge is -2.07. The van der Waals surface area contributed by atoms with Gasteiger partial charge in [0.25, 0.3) is 5.91 Å². The number of nitrogens with zero attached hydrogens (tertiary/aromatic N) is 3. The van der Waals surface area contributed by atoms with Crippen LogP contribution < -0.4 is 5.32 Å². The lowest BCUT2D eigenvalue weighted by Crippen LogP contribution is -2.16. The highest BCUT2D eigenvalue weighted by atomic mass is 32.1. The standard InChI is InChI=1S/C17H13F3N4O3S/c1-2-27-16(26)10-9-12(17(18,19)20)28-15(10)23-14(25)11-5-3-6-13(22-11)24-8-4-7-21-24/h3-9H,2H2,1H3,(H,23,25). The van der Waals surface area contributed by atoms with Crippen molar-refractivity contribution in [3.8, 4) is 5.82 Å². The molecule has 1 amide bonds. The number of esters is 1. The highest BCUT2D eigenvalue weighted by Crippen LogP contribution is 2.39. The first-order valence-corrected chi connectivity index (χ1v) is 8.78. The number of hydrogen-bond donors (Lipinski definition) is 1. The third-order valence-corrected chi connectivity index (χ3v) is 4.54. The minimum absolute atomic E-state index is 0.0170. The van der Waals surface area contributed by atoms with E-state index in [0.717, 1.165) is 0 Å². The molecule has 0 atom stereocenters. The topological polar surface area (TPSA) is 86.1 Å². The fourth-order valence-electron chi connectivity index (χ4n) is 2.23. The van der Waals surface area contributed by atoms with Gasteiger partial charge in [-0.05, 0) is 31.2 Å². The molecule has 3 rings (SSSR count). The van der Waals surface area contributed by atoms with Crippen molar-refractivity contribution in [2.75, 3.05) is 11.9 Å². The molecule has 3 aromatic heterocycles. The van der Waals surface area contributed by atoms with Crippen molar-refractivity contribution in [2.45, 2.75) is 13.1 Å². The molecule has 0 unspecified atom stereocenters. The zero-order valence-corrected chi connectivity index (χ0v) is 15.2. The number of amides is 1. The third kappa shape index (κ3) is 4.19. The van der Waals surface area contributed by atoms with Gasteiger partial charge in [-0.2, -0.15) is 18.3 Å². The van der Waals surface area contributed by atoms with E-state index in [0.29, 0.717) is 11.9 Å². The Bertz CT molecular complexity index is 999. The Balaban J connectivity index is 1.90. The maximum absolute atomic E-state index is 13.0. The molecule has 3 heterocycles. The van der Waals surface area contributed by atoms with Crippen LogP contribution in [-0.2, 0) is 10.9 Å². The van der Waals surface area contributed by atoms with Crippen LogP contribution in [0.25, 0.3) is 5.82 Å². The van der Waals surface area contributed by atoms with Gasteiger partial charge in [0, 0.05) is 12.4 Å². The summed E-state index contributed by atoms with van der Waals surface area (Å²) in [6.45, 7) is 1.51. The van der Waals surface area contributed by atoms with Crippen LogP contribution in [0.3, 0.4) is 0 Å². The van der Waals surface area contributed by atoms with Gasteiger partial charge >= 0.3 is 12.1 Å². The number of alkyl halides is 3. The molecule has 0 aliphatic heterocycles. The van der Waals surface area contributed by atoms with Gasteiger partial charge < -0.3 is 10.1 Å². The summed E-state index contributed by atoms with van der Waals surface area (Å²) in [6, 6.07) is 6.89. The molecule has 11 heteroatoms. The molecule has 0 spiro atoms. The highest BCUT2D eigenvalue weighted by Gasteiger charge is 2.35. The molecule has 0 aliphatic carbocycles. The summed E-state index contributed by atoms with van der Waals surface area (Å²) >= 11 is 0.242. The van der Waals surface area contributed by atoms with Crippen LogP contribution in [0, 0.1) is 0 Å². The van der Waals surface area contributed by atoms with Crippen LogP contribution >= 0.6 is 11.3 Å². The molecule has 146 valence electrons. The molecule has 0 aliphatic rings. The summed E-state index contributed by atoms with van der Waals surface area (Å²) in [5.74, 6) is -1.37. The maximum Gasteiger partial charge on any atom is 0.425 e. The second kappa shape index (κ2) is 7.80. The monoisotopic (exact) mass is 410 g/mol. The van der Waals surface area contributed by atoms with E-state index in [1.807, 2.05) is 0 Å². The van der Waals surface area contributed by atoms with E-state index in [-0.39, 0.29) is 34.2 Å². The molecule has 0 bridgehead atoms. The Hall–Kier alpha value is -3.21. The van der Waals surface area contributed by atoms with E-state index in [9.17, 15) is 22.8 Å². The van der Waals surface area contributed by atoms with E-state index < -0.39 is 22.9 Å². The minimum atomic E-state index is -4.66. The average molecular weight is 410 g/mol. The molecule has 28 heavy (non-hydrogen) atoms. The van der Waals surface area contributed by atoms with Crippen LogP contribution in [0.4, 0.5) is 18.2 Å². The molecule has 7 nitrogen and oxygen atoms in total. The largest absolute Gasteiger partial charge is 0.462 e. The van der Waals surface area contributed by atoms with Gasteiger partial charge in [0.05, 0.1) is 12.2 Å². The van der Waals surface area contributed by atoms with Gasteiger partial charge in [-0.15, -0.1) is 11.3 Å². The first-order chi connectivity index (χ1) is 13.3. The van der Waals surface area contributed by atoms with Crippen LogP contribution in [0.2, 0.25) is 0 Å². The second-order valence-electron chi connectivity index (χ2n) is 5.36. The van der Waals surface area contributed by atoms with Gasteiger partial charge in [-0.1, -0.05) is 6.07 Å². The fourth-order valence-corrected chi connectivity index (χ4v) is 3.14.